The summed E-state index contributed by atoms with van der Waals surface area (Å²) in [7, 11) is 0. The Bertz CT molecular complexity index is 373. The molecule has 0 bridgehead atoms. The van der Waals surface area contributed by atoms with Crippen LogP contribution in [0.1, 0.15) is 39.2 Å². The van der Waals surface area contributed by atoms with E-state index in [0.29, 0.717) is 5.92 Å². The number of hydrogen-bond acceptors (Lipinski definition) is 1. The molecule has 2 heteroatoms. The zero-order valence-electron chi connectivity index (χ0n) is 11.7. The van der Waals surface area contributed by atoms with Crippen molar-refractivity contribution in [2.45, 2.75) is 46.1 Å². The van der Waals surface area contributed by atoms with E-state index in [1.54, 1.807) is 12.1 Å². The maximum Gasteiger partial charge on any atom is 0.123 e. The number of benzene rings is 1. The summed E-state index contributed by atoms with van der Waals surface area (Å²) in [4.78, 5) is 0. The van der Waals surface area contributed by atoms with Crippen LogP contribution in [0.2, 0.25) is 0 Å². The third-order valence-electron chi connectivity index (χ3n) is 3.85. The molecule has 1 aliphatic rings. The number of nitrogens with one attached hydrogen (secondary N) is 1. The highest BCUT2D eigenvalue weighted by Crippen LogP contribution is 2.30. The molecule has 0 amide bonds. The first-order valence-corrected chi connectivity index (χ1v) is 6.93. The molecule has 1 N–H and O–H groups in total. The molecule has 18 heavy (non-hydrogen) atoms. The molecule has 0 spiro atoms. The predicted octanol–water partition coefficient (Wildman–Crippen LogP) is 3.78. The Morgan fingerprint density at radius 3 is 2.33 bits per heavy atom. The summed E-state index contributed by atoms with van der Waals surface area (Å²) in [6, 6.07) is 7.69. The van der Waals surface area contributed by atoms with Crippen molar-refractivity contribution in [3.8, 4) is 0 Å². The second kappa shape index (κ2) is 5.40. The van der Waals surface area contributed by atoms with Gasteiger partial charge in [-0.3, -0.25) is 0 Å². The highest BCUT2D eigenvalue weighted by Gasteiger charge is 2.28. The van der Waals surface area contributed by atoms with Crippen molar-refractivity contribution in [2.24, 2.45) is 11.3 Å². The zero-order chi connectivity index (χ0) is 13.2. The molecular formula is C16H24FN. The molecule has 100 valence electrons. The lowest BCUT2D eigenvalue weighted by atomic mass is 9.77. The molecule has 1 aromatic rings. The van der Waals surface area contributed by atoms with Gasteiger partial charge in [0.15, 0.2) is 0 Å². The Morgan fingerprint density at radius 1 is 1.22 bits per heavy atom. The Hall–Kier alpha value is -0.890. The van der Waals surface area contributed by atoms with Crippen LogP contribution < -0.4 is 5.32 Å². The van der Waals surface area contributed by atoms with Gasteiger partial charge in [-0.05, 0) is 54.8 Å². The SMILES string of the molecule is CC(C)(C)C(CNC1CC1)Cc1ccc(F)cc1. The van der Waals surface area contributed by atoms with Gasteiger partial charge in [0.2, 0.25) is 0 Å². The third-order valence-corrected chi connectivity index (χ3v) is 3.85. The van der Waals surface area contributed by atoms with Crippen molar-refractivity contribution in [1.29, 1.82) is 0 Å². The monoisotopic (exact) mass is 249 g/mol. The standard InChI is InChI=1S/C16H24FN/c1-16(2,3)13(11-18-15-8-9-15)10-12-4-6-14(17)7-5-12/h4-7,13,15,18H,8-11H2,1-3H3. The molecule has 0 heterocycles. The Balaban J connectivity index is 1.96. The quantitative estimate of drug-likeness (QED) is 0.837. The van der Waals surface area contributed by atoms with Crippen LogP contribution in [0.15, 0.2) is 24.3 Å². The summed E-state index contributed by atoms with van der Waals surface area (Å²) in [6.07, 6.45) is 3.67. The lowest BCUT2D eigenvalue weighted by molar-refractivity contribution is 0.230. The minimum atomic E-state index is -0.151. The van der Waals surface area contributed by atoms with Gasteiger partial charge in [0.05, 0.1) is 0 Å². The minimum absolute atomic E-state index is 0.151. The zero-order valence-corrected chi connectivity index (χ0v) is 11.7. The molecule has 1 atom stereocenters. The van der Waals surface area contributed by atoms with Crippen LogP contribution in [0.25, 0.3) is 0 Å². The van der Waals surface area contributed by atoms with E-state index in [1.165, 1.54) is 18.4 Å². The van der Waals surface area contributed by atoms with Gasteiger partial charge in [-0.1, -0.05) is 32.9 Å². The molecule has 2 rings (SSSR count). The molecule has 0 radical (unpaired) electrons. The highest BCUT2D eigenvalue weighted by atomic mass is 19.1. The van der Waals surface area contributed by atoms with E-state index in [4.69, 9.17) is 0 Å². The number of halogens is 1. The predicted molar refractivity (Wildman–Crippen MR) is 74.1 cm³/mol. The summed E-state index contributed by atoms with van der Waals surface area (Å²) in [5.74, 6) is 0.436. The molecule has 0 aromatic heterocycles. The highest BCUT2D eigenvalue weighted by molar-refractivity contribution is 5.17. The third kappa shape index (κ3) is 4.09. The fraction of sp³-hybridized carbons (Fsp3) is 0.625. The van der Waals surface area contributed by atoms with E-state index in [1.807, 2.05) is 12.1 Å². The molecule has 1 unspecified atom stereocenters. The Kier molecular flexibility index (Phi) is 4.06. The first-order valence-electron chi connectivity index (χ1n) is 6.93. The van der Waals surface area contributed by atoms with Crippen LogP contribution in [0.4, 0.5) is 4.39 Å². The first-order chi connectivity index (χ1) is 8.45. The summed E-state index contributed by atoms with van der Waals surface area (Å²) in [6.45, 7) is 7.92. The Labute approximate surface area is 110 Å². The normalized spacial score (nSPS) is 17.8. The van der Waals surface area contributed by atoms with Gasteiger partial charge in [0, 0.05) is 6.04 Å². The van der Waals surface area contributed by atoms with Crippen LogP contribution >= 0.6 is 0 Å². The van der Waals surface area contributed by atoms with Crippen LogP contribution in [0.5, 0.6) is 0 Å². The van der Waals surface area contributed by atoms with Gasteiger partial charge in [-0.25, -0.2) is 4.39 Å². The van der Waals surface area contributed by atoms with E-state index < -0.39 is 0 Å². The van der Waals surface area contributed by atoms with Crippen LogP contribution in [0.3, 0.4) is 0 Å². The molecule has 1 nitrogen and oxygen atoms in total. The van der Waals surface area contributed by atoms with E-state index in [2.05, 4.69) is 26.1 Å². The van der Waals surface area contributed by atoms with Gasteiger partial charge < -0.3 is 5.32 Å². The first kappa shape index (κ1) is 13.5. The average molecular weight is 249 g/mol. The van der Waals surface area contributed by atoms with Crippen molar-refractivity contribution in [3.63, 3.8) is 0 Å². The molecule has 1 fully saturated rings. The van der Waals surface area contributed by atoms with E-state index in [9.17, 15) is 4.39 Å². The average Bonchev–Trinajstić information content (AvgIpc) is 3.09. The van der Waals surface area contributed by atoms with Crippen molar-refractivity contribution >= 4 is 0 Å². The topological polar surface area (TPSA) is 12.0 Å². The summed E-state index contributed by atoms with van der Waals surface area (Å²) in [5.41, 5.74) is 1.50. The van der Waals surface area contributed by atoms with Gasteiger partial charge in [-0.15, -0.1) is 0 Å². The van der Waals surface area contributed by atoms with Crippen molar-refractivity contribution in [3.05, 3.63) is 35.6 Å². The second-order valence-corrected chi connectivity index (χ2v) is 6.58. The molecule has 1 saturated carbocycles. The second-order valence-electron chi connectivity index (χ2n) is 6.58. The maximum absolute atomic E-state index is 12.9. The summed E-state index contributed by atoms with van der Waals surface area (Å²) in [5, 5.41) is 3.62. The molecule has 1 aromatic carbocycles. The smallest absolute Gasteiger partial charge is 0.123 e. The Morgan fingerprint density at radius 2 is 1.83 bits per heavy atom. The summed E-state index contributed by atoms with van der Waals surface area (Å²) >= 11 is 0. The molecule has 0 aliphatic heterocycles. The fourth-order valence-corrected chi connectivity index (χ4v) is 2.19. The summed E-state index contributed by atoms with van der Waals surface area (Å²) < 4.78 is 12.9. The van der Waals surface area contributed by atoms with Crippen LogP contribution in [-0.4, -0.2) is 12.6 Å². The van der Waals surface area contributed by atoms with Crippen molar-refractivity contribution < 1.29 is 4.39 Å². The molecule has 1 aliphatic carbocycles. The lowest BCUT2D eigenvalue weighted by Gasteiger charge is -2.31. The van der Waals surface area contributed by atoms with Gasteiger partial charge >= 0.3 is 0 Å². The van der Waals surface area contributed by atoms with E-state index in [0.717, 1.165) is 19.0 Å². The van der Waals surface area contributed by atoms with Crippen molar-refractivity contribution in [2.75, 3.05) is 6.54 Å². The molecule has 0 saturated heterocycles. The minimum Gasteiger partial charge on any atom is -0.314 e. The van der Waals surface area contributed by atoms with Gasteiger partial charge in [-0.2, -0.15) is 0 Å². The maximum atomic E-state index is 12.9. The number of rotatable bonds is 5. The lowest BCUT2D eigenvalue weighted by Crippen LogP contribution is -2.34. The van der Waals surface area contributed by atoms with E-state index in [-0.39, 0.29) is 11.2 Å². The molecular weight excluding hydrogens is 225 g/mol. The fourth-order valence-electron chi connectivity index (χ4n) is 2.19. The van der Waals surface area contributed by atoms with Gasteiger partial charge in [0.1, 0.15) is 5.82 Å². The van der Waals surface area contributed by atoms with E-state index >= 15 is 0 Å². The van der Waals surface area contributed by atoms with Crippen LogP contribution in [0, 0.1) is 17.2 Å². The number of hydrogen-bond donors (Lipinski definition) is 1. The van der Waals surface area contributed by atoms with Crippen LogP contribution in [-0.2, 0) is 6.42 Å². The van der Waals surface area contributed by atoms with Crippen molar-refractivity contribution in [1.82, 2.24) is 5.32 Å². The largest absolute Gasteiger partial charge is 0.314 e. The van der Waals surface area contributed by atoms with Gasteiger partial charge in [0.25, 0.3) is 0 Å².